The highest BCUT2D eigenvalue weighted by molar-refractivity contribution is 5.89. The first kappa shape index (κ1) is 16.7. The Morgan fingerprint density at radius 1 is 1.09 bits per heavy atom. The zero-order valence-electron chi connectivity index (χ0n) is 13.5. The molecule has 2 N–H and O–H groups in total. The van der Waals surface area contributed by atoms with Gasteiger partial charge in [0.1, 0.15) is 11.5 Å². The van der Waals surface area contributed by atoms with Gasteiger partial charge in [0.15, 0.2) is 6.73 Å². The lowest BCUT2D eigenvalue weighted by atomic mass is 10.1. The van der Waals surface area contributed by atoms with E-state index in [1.807, 2.05) is 36.4 Å². The number of ether oxygens (including phenoxy) is 2. The van der Waals surface area contributed by atoms with Crippen LogP contribution in [0.15, 0.2) is 48.5 Å². The molecular weight excluding hydrogens is 292 g/mol. The molecule has 0 aliphatic carbocycles. The van der Waals surface area contributed by atoms with Gasteiger partial charge in [-0.25, -0.2) is 4.79 Å². The third kappa shape index (κ3) is 5.54. The average molecular weight is 314 g/mol. The van der Waals surface area contributed by atoms with E-state index >= 15 is 0 Å². The summed E-state index contributed by atoms with van der Waals surface area (Å²) in [6.45, 7) is 2.25. The lowest BCUT2D eigenvalue weighted by Crippen LogP contribution is -2.31. The molecular formula is C18H22N2O3. The van der Waals surface area contributed by atoms with E-state index in [1.165, 1.54) is 5.56 Å². The third-order valence-corrected chi connectivity index (χ3v) is 3.26. The molecule has 0 radical (unpaired) electrons. The minimum absolute atomic E-state index is 0.100. The summed E-state index contributed by atoms with van der Waals surface area (Å²) in [4.78, 5) is 11.8. The number of amides is 2. The van der Waals surface area contributed by atoms with Crippen LogP contribution in [0.4, 0.5) is 10.5 Å². The van der Waals surface area contributed by atoms with Gasteiger partial charge in [-0.05, 0) is 36.2 Å². The summed E-state index contributed by atoms with van der Waals surface area (Å²) >= 11 is 0. The number of hydrogen-bond donors (Lipinski definition) is 2. The van der Waals surface area contributed by atoms with Crippen LogP contribution in [0.3, 0.4) is 0 Å². The number of methoxy groups -OCH3 is 1. The fourth-order valence-corrected chi connectivity index (χ4v) is 2.10. The molecule has 0 unspecified atom stereocenters. The van der Waals surface area contributed by atoms with Crippen LogP contribution in [0.5, 0.6) is 11.5 Å². The van der Waals surface area contributed by atoms with Crippen LogP contribution >= 0.6 is 0 Å². The monoisotopic (exact) mass is 314 g/mol. The van der Waals surface area contributed by atoms with Gasteiger partial charge >= 0.3 is 6.03 Å². The van der Waals surface area contributed by atoms with Crippen molar-refractivity contribution in [1.29, 1.82) is 0 Å². The smallest absolute Gasteiger partial charge is 0.321 e. The summed E-state index contributed by atoms with van der Waals surface area (Å²) in [6.07, 6.45) is 2.17. The van der Waals surface area contributed by atoms with Crippen molar-refractivity contribution in [3.05, 3.63) is 54.1 Å². The van der Waals surface area contributed by atoms with Gasteiger partial charge in [0.05, 0.1) is 7.11 Å². The summed E-state index contributed by atoms with van der Waals surface area (Å²) in [6, 6.07) is 14.7. The molecule has 2 rings (SSSR count). The summed E-state index contributed by atoms with van der Waals surface area (Å²) in [5.74, 6) is 1.41. The Balaban J connectivity index is 1.75. The van der Waals surface area contributed by atoms with E-state index in [0.717, 1.165) is 18.6 Å². The van der Waals surface area contributed by atoms with Gasteiger partial charge in [0.25, 0.3) is 0 Å². The molecule has 0 aliphatic heterocycles. The fraction of sp³-hybridized carbons (Fsp3) is 0.278. The SMILES string of the molecule is CCCc1ccc(OCNC(=O)Nc2cccc(OC)c2)cc1. The first-order valence-corrected chi connectivity index (χ1v) is 7.62. The molecule has 122 valence electrons. The van der Waals surface area contributed by atoms with Crippen LogP contribution in [0.25, 0.3) is 0 Å². The van der Waals surface area contributed by atoms with Gasteiger partial charge in [-0.1, -0.05) is 31.5 Å². The maximum atomic E-state index is 11.8. The minimum atomic E-state index is -0.333. The van der Waals surface area contributed by atoms with E-state index in [-0.39, 0.29) is 12.8 Å². The van der Waals surface area contributed by atoms with Crippen LogP contribution < -0.4 is 20.1 Å². The number of carbonyl (C=O) groups is 1. The molecule has 0 aromatic heterocycles. The van der Waals surface area contributed by atoms with Crippen LogP contribution in [-0.2, 0) is 6.42 Å². The zero-order chi connectivity index (χ0) is 16.5. The first-order chi connectivity index (χ1) is 11.2. The van der Waals surface area contributed by atoms with Crippen LogP contribution in [0, 0.1) is 0 Å². The van der Waals surface area contributed by atoms with E-state index in [0.29, 0.717) is 11.4 Å². The summed E-state index contributed by atoms with van der Waals surface area (Å²) in [5.41, 5.74) is 1.94. The maximum Gasteiger partial charge on any atom is 0.321 e. The standard InChI is InChI=1S/C18H22N2O3/c1-3-5-14-8-10-16(11-9-14)23-13-19-18(21)20-15-6-4-7-17(12-15)22-2/h4,6-12H,3,5,13H2,1-2H3,(H2,19,20,21). The molecule has 2 aromatic rings. The quantitative estimate of drug-likeness (QED) is 0.764. The van der Waals surface area contributed by atoms with Crippen molar-refractivity contribution in [2.24, 2.45) is 0 Å². The molecule has 0 aliphatic rings. The highest BCUT2D eigenvalue weighted by atomic mass is 16.5. The summed E-state index contributed by atoms with van der Waals surface area (Å²) in [5, 5.41) is 5.36. The third-order valence-electron chi connectivity index (χ3n) is 3.26. The summed E-state index contributed by atoms with van der Waals surface area (Å²) in [7, 11) is 1.58. The average Bonchev–Trinajstić information content (AvgIpc) is 2.57. The molecule has 5 nitrogen and oxygen atoms in total. The lowest BCUT2D eigenvalue weighted by molar-refractivity contribution is 0.234. The Morgan fingerprint density at radius 3 is 2.57 bits per heavy atom. The number of hydrogen-bond acceptors (Lipinski definition) is 3. The predicted molar refractivity (Wildman–Crippen MR) is 91.1 cm³/mol. The zero-order valence-corrected chi connectivity index (χ0v) is 13.5. The Kier molecular flexibility index (Phi) is 6.29. The highest BCUT2D eigenvalue weighted by Gasteiger charge is 2.02. The number of aryl methyl sites for hydroxylation is 1. The van der Waals surface area contributed by atoms with E-state index in [1.54, 1.807) is 19.2 Å². The highest BCUT2D eigenvalue weighted by Crippen LogP contribution is 2.16. The van der Waals surface area contributed by atoms with E-state index in [4.69, 9.17) is 9.47 Å². The Bertz CT molecular complexity index is 626. The number of urea groups is 1. The Hall–Kier alpha value is -2.69. The van der Waals surface area contributed by atoms with Crippen molar-refractivity contribution in [2.45, 2.75) is 19.8 Å². The van der Waals surface area contributed by atoms with Crippen molar-refractivity contribution in [1.82, 2.24) is 5.32 Å². The Labute approximate surface area is 136 Å². The second-order valence-corrected chi connectivity index (χ2v) is 5.05. The minimum Gasteiger partial charge on any atom is -0.497 e. The van der Waals surface area contributed by atoms with Crippen molar-refractivity contribution in [3.8, 4) is 11.5 Å². The van der Waals surface area contributed by atoms with Gasteiger partial charge < -0.3 is 20.1 Å². The molecule has 0 fully saturated rings. The summed E-state index contributed by atoms with van der Waals surface area (Å²) < 4.78 is 10.6. The van der Waals surface area contributed by atoms with E-state index < -0.39 is 0 Å². The molecule has 23 heavy (non-hydrogen) atoms. The molecule has 5 heteroatoms. The van der Waals surface area contributed by atoms with Gasteiger partial charge in [-0.2, -0.15) is 0 Å². The molecule has 0 atom stereocenters. The number of rotatable bonds is 7. The normalized spacial score (nSPS) is 10.0. The van der Waals surface area contributed by atoms with Crippen molar-refractivity contribution in [2.75, 3.05) is 19.2 Å². The van der Waals surface area contributed by atoms with Gasteiger partial charge in [0, 0.05) is 11.8 Å². The van der Waals surface area contributed by atoms with Gasteiger partial charge in [-0.3, -0.25) is 0 Å². The number of benzene rings is 2. The molecule has 2 amide bonds. The topological polar surface area (TPSA) is 59.6 Å². The van der Waals surface area contributed by atoms with Gasteiger partial charge in [0.2, 0.25) is 0 Å². The van der Waals surface area contributed by atoms with Crippen LogP contribution in [-0.4, -0.2) is 19.9 Å². The molecule has 0 heterocycles. The van der Waals surface area contributed by atoms with Gasteiger partial charge in [-0.15, -0.1) is 0 Å². The number of anilines is 1. The molecule has 2 aromatic carbocycles. The van der Waals surface area contributed by atoms with Crippen molar-refractivity contribution >= 4 is 11.7 Å². The second kappa shape index (κ2) is 8.68. The molecule has 0 saturated heterocycles. The van der Waals surface area contributed by atoms with Crippen molar-refractivity contribution in [3.63, 3.8) is 0 Å². The fourth-order valence-electron chi connectivity index (χ4n) is 2.10. The molecule has 0 bridgehead atoms. The Morgan fingerprint density at radius 2 is 1.87 bits per heavy atom. The second-order valence-electron chi connectivity index (χ2n) is 5.05. The predicted octanol–water partition coefficient (Wildman–Crippen LogP) is 3.81. The lowest BCUT2D eigenvalue weighted by Gasteiger charge is -2.10. The molecule has 0 spiro atoms. The van der Waals surface area contributed by atoms with E-state index in [9.17, 15) is 4.79 Å². The molecule has 0 saturated carbocycles. The van der Waals surface area contributed by atoms with Crippen LogP contribution in [0.2, 0.25) is 0 Å². The maximum absolute atomic E-state index is 11.8. The number of nitrogens with one attached hydrogen (secondary N) is 2. The number of carbonyl (C=O) groups excluding carboxylic acids is 1. The largest absolute Gasteiger partial charge is 0.497 e. The first-order valence-electron chi connectivity index (χ1n) is 7.62. The van der Waals surface area contributed by atoms with Crippen LogP contribution in [0.1, 0.15) is 18.9 Å². The van der Waals surface area contributed by atoms with Crippen molar-refractivity contribution < 1.29 is 14.3 Å². The van der Waals surface area contributed by atoms with E-state index in [2.05, 4.69) is 17.6 Å².